The molecule has 0 saturated carbocycles. The van der Waals surface area contributed by atoms with E-state index in [1.807, 2.05) is 24.3 Å². The maximum absolute atomic E-state index is 7.23. The summed E-state index contributed by atoms with van der Waals surface area (Å²) in [5.74, 6) is 5.37. The Morgan fingerprint density at radius 3 is 2.04 bits per heavy atom. The zero-order valence-corrected chi connectivity index (χ0v) is 30.6. The number of rotatable bonds is 6. The number of likely N-dealkylation sites (N-methyl/N-ethyl adjacent to an activating group) is 2. The minimum Gasteiger partial charge on any atom is -0.493 e. The van der Waals surface area contributed by atoms with Gasteiger partial charge in [0, 0.05) is 30.7 Å². The van der Waals surface area contributed by atoms with Gasteiger partial charge in [-0.2, -0.15) is 0 Å². The Balaban J connectivity index is 1.35. The van der Waals surface area contributed by atoms with Gasteiger partial charge in [-0.05, 0) is 116 Å². The van der Waals surface area contributed by atoms with Gasteiger partial charge in [-0.1, -0.05) is 48.5 Å². The highest BCUT2D eigenvalue weighted by Gasteiger charge is 2.35. The molecule has 268 valence electrons. The van der Waals surface area contributed by atoms with Crippen LogP contribution in [0, 0.1) is 0 Å². The van der Waals surface area contributed by atoms with Crippen molar-refractivity contribution in [3.05, 3.63) is 130 Å². The highest BCUT2D eigenvalue weighted by atomic mass is 16.6. The first-order valence-electron chi connectivity index (χ1n) is 18.1. The smallest absolute Gasteiger partial charge is 0.204 e. The van der Waals surface area contributed by atoms with Crippen molar-refractivity contribution < 1.29 is 28.4 Å². The highest BCUT2D eigenvalue weighted by Crippen LogP contribution is 2.52. The lowest BCUT2D eigenvalue weighted by Crippen LogP contribution is -2.34. The Hall–Kier alpha value is -5.18. The maximum Gasteiger partial charge on any atom is 0.204 e. The lowest BCUT2D eigenvalue weighted by Gasteiger charge is -2.37. The van der Waals surface area contributed by atoms with Crippen LogP contribution in [0.5, 0.6) is 46.0 Å². The molecule has 0 fully saturated rings. The summed E-state index contributed by atoms with van der Waals surface area (Å²) in [5.41, 5.74) is 8.17. The summed E-state index contributed by atoms with van der Waals surface area (Å²) in [4.78, 5) is 4.84. The van der Waals surface area contributed by atoms with Crippen molar-refractivity contribution in [1.82, 2.24) is 9.80 Å². The van der Waals surface area contributed by atoms with Crippen molar-refractivity contribution in [2.45, 2.75) is 44.4 Å². The van der Waals surface area contributed by atoms with Crippen molar-refractivity contribution in [1.29, 1.82) is 0 Å². The zero-order valence-electron chi connectivity index (χ0n) is 30.6. The molecule has 0 aromatic heterocycles. The van der Waals surface area contributed by atoms with E-state index >= 15 is 0 Å². The fraction of sp³-hybridized carbons (Fsp3) is 0.318. The molecule has 0 radical (unpaired) electrons. The number of ether oxygens (including phenoxy) is 6. The molecule has 6 bridgehead atoms. The summed E-state index contributed by atoms with van der Waals surface area (Å²) in [6.07, 6.45) is 3.31. The minimum atomic E-state index is -0.0364. The second-order valence-electron chi connectivity index (χ2n) is 14.0. The second kappa shape index (κ2) is 14.4. The summed E-state index contributed by atoms with van der Waals surface area (Å²) in [6.45, 7) is 2.19. The van der Waals surface area contributed by atoms with Crippen LogP contribution in [0.25, 0.3) is 0 Å². The number of nitrogens with zero attached hydrogens (tertiary/aromatic N) is 2. The average Bonchev–Trinajstić information content (AvgIpc) is 3.17. The van der Waals surface area contributed by atoms with E-state index < -0.39 is 0 Å². The van der Waals surface area contributed by atoms with Crippen molar-refractivity contribution in [2.24, 2.45) is 0 Å². The first kappa shape index (κ1) is 33.9. The Morgan fingerprint density at radius 2 is 1.29 bits per heavy atom. The monoisotopic (exact) mass is 698 g/mol. The van der Waals surface area contributed by atoms with Crippen molar-refractivity contribution >= 4 is 0 Å². The SMILES string of the molecule is COc1ccc2cc1Oc1ccc(cc1)C[C@H]1c3cc(c(OC)cc3CCN1C)Oc1c(OCc3ccccc3)c(OC)cc3c1[C@H](C2)N(C)CC3. The van der Waals surface area contributed by atoms with Gasteiger partial charge in [0.1, 0.15) is 12.4 Å². The molecule has 5 aromatic rings. The highest BCUT2D eigenvalue weighted by molar-refractivity contribution is 5.64. The standard InChI is InChI=1S/C44H46N2O6/c1-45-19-17-31-24-38(48-4)40-26-34(31)35(45)21-28-11-14-33(15-12-28)51-39-23-30(13-16-37(39)47-3)22-36-42-32(18-20-46(36)2)25-41(49-5)43(44(42)52-40)50-27-29-9-7-6-8-10-29/h6-16,23-26,35-36H,17-22,27H2,1-5H3/t35-,36-/m0/s1. The largest absolute Gasteiger partial charge is 0.493 e. The van der Waals surface area contributed by atoms with E-state index in [2.05, 4.69) is 90.6 Å². The van der Waals surface area contributed by atoms with Crippen LogP contribution >= 0.6 is 0 Å². The molecule has 0 N–H and O–H groups in total. The molecule has 0 spiro atoms. The van der Waals surface area contributed by atoms with Gasteiger partial charge in [0.2, 0.25) is 5.75 Å². The fourth-order valence-electron chi connectivity index (χ4n) is 7.95. The molecule has 9 rings (SSSR count). The summed E-state index contributed by atoms with van der Waals surface area (Å²) < 4.78 is 38.4. The van der Waals surface area contributed by atoms with Gasteiger partial charge in [0.05, 0.1) is 21.3 Å². The molecule has 52 heavy (non-hydrogen) atoms. The molecule has 0 amide bonds. The molecule has 5 aromatic carbocycles. The quantitative estimate of drug-likeness (QED) is 0.175. The second-order valence-corrected chi connectivity index (χ2v) is 14.0. The van der Waals surface area contributed by atoms with E-state index in [-0.39, 0.29) is 12.1 Å². The first-order chi connectivity index (χ1) is 25.4. The molecule has 0 unspecified atom stereocenters. The predicted octanol–water partition coefficient (Wildman–Crippen LogP) is 8.73. The van der Waals surface area contributed by atoms with Crippen LogP contribution in [0.4, 0.5) is 0 Å². The van der Waals surface area contributed by atoms with E-state index in [0.717, 1.165) is 54.8 Å². The molecule has 4 aliphatic heterocycles. The van der Waals surface area contributed by atoms with Gasteiger partial charge >= 0.3 is 0 Å². The van der Waals surface area contributed by atoms with E-state index in [1.165, 1.54) is 22.3 Å². The van der Waals surface area contributed by atoms with Crippen LogP contribution in [0.1, 0.15) is 51.0 Å². The molecular formula is C44H46N2O6. The molecule has 8 heteroatoms. The molecule has 2 atom stereocenters. The van der Waals surface area contributed by atoms with Gasteiger partial charge in [0.15, 0.2) is 34.5 Å². The lowest BCUT2D eigenvalue weighted by atomic mass is 9.87. The third kappa shape index (κ3) is 6.53. The number of methoxy groups -OCH3 is 3. The summed E-state index contributed by atoms with van der Waals surface area (Å²) in [7, 11) is 9.48. The Kier molecular flexibility index (Phi) is 9.43. The zero-order chi connectivity index (χ0) is 35.8. The lowest BCUT2D eigenvalue weighted by molar-refractivity contribution is 0.216. The Morgan fingerprint density at radius 1 is 0.635 bits per heavy atom. The van der Waals surface area contributed by atoms with Crippen molar-refractivity contribution in [3.8, 4) is 46.0 Å². The van der Waals surface area contributed by atoms with Gasteiger partial charge < -0.3 is 28.4 Å². The molecule has 0 aliphatic carbocycles. The van der Waals surface area contributed by atoms with Gasteiger partial charge in [-0.25, -0.2) is 0 Å². The fourth-order valence-corrected chi connectivity index (χ4v) is 7.95. The topological polar surface area (TPSA) is 61.9 Å². The third-order valence-electron chi connectivity index (χ3n) is 10.9. The van der Waals surface area contributed by atoms with E-state index in [1.54, 1.807) is 21.3 Å². The molecule has 4 heterocycles. The van der Waals surface area contributed by atoms with Crippen LogP contribution < -0.4 is 28.4 Å². The normalized spacial score (nSPS) is 18.2. The van der Waals surface area contributed by atoms with Gasteiger partial charge in [-0.15, -0.1) is 0 Å². The average molecular weight is 699 g/mol. The molecule has 8 nitrogen and oxygen atoms in total. The summed E-state index contributed by atoms with van der Waals surface area (Å²) in [6, 6.07) is 31.4. The van der Waals surface area contributed by atoms with Crippen molar-refractivity contribution in [2.75, 3.05) is 48.5 Å². The van der Waals surface area contributed by atoms with Crippen LogP contribution in [0.2, 0.25) is 0 Å². The van der Waals surface area contributed by atoms with Gasteiger partial charge in [0.25, 0.3) is 0 Å². The molecule has 0 saturated heterocycles. The van der Waals surface area contributed by atoms with E-state index in [9.17, 15) is 0 Å². The Labute approximate surface area is 306 Å². The number of fused-ring (bicyclic) bond motifs is 2. The van der Waals surface area contributed by atoms with Crippen LogP contribution in [0.3, 0.4) is 0 Å². The van der Waals surface area contributed by atoms with Crippen LogP contribution in [-0.4, -0.2) is 58.3 Å². The van der Waals surface area contributed by atoms with E-state index in [0.29, 0.717) is 53.3 Å². The van der Waals surface area contributed by atoms with Crippen molar-refractivity contribution in [3.63, 3.8) is 0 Å². The van der Waals surface area contributed by atoms with Crippen LogP contribution in [-0.2, 0) is 32.3 Å². The minimum absolute atomic E-state index is 0.0364. The molecular weight excluding hydrogens is 652 g/mol. The van der Waals surface area contributed by atoms with Crippen LogP contribution in [0.15, 0.2) is 91.0 Å². The molecule has 4 aliphatic rings. The maximum atomic E-state index is 7.23. The van der Waals surface area contributed by atoms with E-state index in [4.69, 9.17) is 28.4 Å². The third-order valence-corrected chi connectivity index (χ3v) is 10.9. The number of benzene rings is 5. The first-order valence-corrected chi connectivity index (χ1v) is 18.1. The summed E-state index contributed by atoms with van der Waals surface area (Å²) in [5, 5.41) is 0. The summed E-state index contributed by atoms with van der Waals surface area (Å²) >= 11 is 0. The Bertz CT molecular complexity index is 2060. The number of hydrogen-bond donors (Lipinski definition) is 0. The number of hydrogen-bond acceptors (Lipinski definition) is 8. The van der Waals surface area contributed by atoms with Gasteiger partial charge in [-0.3, -0.25) is 9.80 Å². The predicted molar refractivity (Wildman–Crippen MR) is 202 cm³/mol.